The molecule has 0 bridgehead atoms. The van der Waals surface area contributed by atoms with E-state index in [9.17, 15) is 0 Å². The number of fused-ring (bicyclic) bond motifs is 1. The summed E-state index contributed by atoms with van der Waals surface area (Å²) in [4.78, 5) is 0. The van der Waals surface area contributed by atoms with Crippen molar-refractivity contribution in [3.8, 4) is 0 Å². The largest absolute Gasteiger partial charge is 0.382 e. The van der Waals surface area contributed by atoms with Gasteiger partial charge < -0.3 is 5.32 Å². The molecule has 1 heterocycles. The Morgan fingerprint density at radius 2 is 2.08 bits per heavy atom. The van der Waals surface area contributed by atoms with E-state index in [2.05, 4.69) is 38.2 Å². The highest BCUT2D eigenvalue weighted by Gasteiger charge is 2.15. The summed E-state index contributed by atoms with van der Waals surface area (Å²) in [6.07, 6.45) is 2.49. The van der Waals surface area contributed by atoms with Gasteiger partial charge in [0.1, 0.15) is 0 Å². The van der Waals surface area contributed by atoms with Crippen molar-refractivity contribution < 1.29 is 0 Å². The molecular weight excluding hydrogens is 158 g/mol. The maximum Gasteiger partial charge on any atom is 0.0380 e. The Kier molecular flexibility index (Phi) is 2.03. The molecule has 0 aromatic heterocycles. The molecule has 0 saturated carbocycles. The Balaban J connectivity index is 2.47. The highest BCUT2D eigenvalue weighted by atomic mass is 14.9. The third-order valence-electron chi connectivity index (χ3n) is 2.85. The van der Waals surface area contributed by atoms with E-state index in [0.29, 0.717) is 6.04 Å². The Morgan fingerprint density at radius 1 is 1.31 bits per heavy atom. The highest BCUT2D eigenvalue weighted by Crippen LogP contribution is 2.28. The number of hydrogen-bond acceptors (Lipinski definition) is 1. The van der Waals surface area contributed by atoms with Gasteiger partial charge in [-0.1, -0.05) is 6.07 Å². The van der Waals surface area contributed by atoms with Crippen molar-refractivity contribution in [1.29, 1.82) is 0 Å². The van der Waals surface area contributed by atoms with E-state index in [1.54, 1.807) is 0 Å². The maximum atomic E-state index is 3.54. The third kappa shape index (κ3) is 1.55. The average Bonchev–Trinajstić information content (AvgIpc) is 2.02. The highest BCUT2D eigenvalue weighted by molar-refractivity contribution is 5.58. The minimum absolute atomic E-state index is 0.633. The standard InChI is InChI=1S/C12H17N/c1-8-6-9(2)11-5-4-10(3)13-12(11)7-8/h6-7,10,13H,4-5H2,1-3H3/t10-/m1/s1. The van der Waals surface area contributed by atoms with Gasteiger partial charge in [0.15, 0.2) is 0 Å². The van der Waals surface area contributed by atoms with Crippen molar-refractivity contribution in [2.75, 3.05) is 5.32 Å². The first-order valence-electron chi connectivity index (χ1n) is 5.03. The first-order valence-corrected chi connectivity index (χ1v) is 5.03. The van der Waals surface area contributed by atoms with Crippen LogP contribution in [0.1, 0.15) is 30.0 Å². The van der Waals surface area contributed by atoms with Crippen LogP contribution in [0.5, 0.6) is 0 Å². The molecular formula is C12H17N. The van der Waals surface area contributed by atoms with Crippen LogP contribution in [-0.4, -0.2) is 6.04 Å². The molecule has 70 valence electrons. The smallest absolute Gasteiger partial charge is 0.0380 e. The molecule has 0 spiro atoms. The van der Waals surface area contributed by atoms with Crippen LogP contribution in [0.25, 0.3) is 0 Å². The Labute approximate surface area is 80.2 Å². The molecule has 1 aliphatic rings. The predicted molar refractivity (Wildman–Crippen MR) is 57.3 cm³/mol. The third-order valence-corrected chi connectivity index (χ3v) is 2.85. The molecule has 1 heteroatoms. The molecule has 1 N–H and O–H groups in total. The average molecular weight is 175 g/mol. The van der Waals surface area contributed by atoms with E-state index in [1.807, 2.05) is 0 Å². The molecule has 13 heavy (non-hydrogen) atoms. The molecule has 1 aromatic carbocycles. The summed E-state index contributed by atoms with van der Waals surface area (Å²) >= 11 is 0. The number of aryl methyl sites for hydroxylation is 2. The second-order valence-corrected chi connectivity index (χ2v) is 4.19. The van der Waals surface area contributed by atoms with Crippen LogP contribution in [0.15, 0.2) is 12.1 Å². The van der Waals surface area contributed by atoms with Crippen molar-refractivity contribution in [2.45, 2.75) is 39.7 Å². The van der Waals surface area contributed by atoms with Gasteiger partial charge in [0, 0.05) is 11.7 Å². The molecule has 0 saturated heterocycles. The molecule has 0 radical (unpaired) electrons. The fraction of sp³-hybridized carbons (Fsp3) is 0.500. The molecule has 1 aromatic rings. The molecule has 2 rings (SSSR count). The van der Waals surface area contributed by atoms with Crippen molar-refractivity contribution in [3.63, 3.8) is 0 Å². The van der Waals surface area contributed by atoms with Gasteiger partial charge in [0.25, 0.3) is 0 Å². The zero-order valence-corrected chi connectivity index (χ0v) is 8.65. The van der Waals surface area contributed by atoms with Crippen LogP contribution < -0.4 is 5.32 Å². The van der Waals surface area contributed by atoms with Gasteiger partial charge in [0.05, 0.1) is 0 Å². The fourth-order valence-electron chi connectivity index (χ4n) is 2.16. The Morgan fingerprint density at radius 3 is 2.85 bits per heavy atom. The van der Waals surface area contributed by atoms with E-state index in [4.69, 9.17) is 0 Å². The SMILES string of the molecule is Cc1cc(C)c2c(c1)N[C@H](C)CC2. The Bertz CT molecular complexity index is 328. The number of nitrogens with one attached hydrogen (secondary N) is 1. The quantitative estimate of drug-likeness (QED) is 0.639. The van der Waals surface area contributed by atoms with E-state index < -0.39 is 0 Å². The number of benzene rings is 1. The van der Waals surface area contributed by atoms with E-state index in [1.165, 1.54) is 35.2 Å². The summed E-state index contributed by atoms with van der Waals surface area (Å²) in [5.41, 5.74) is 5.67. The lowest BCUT2D eigenvalue weighted by atomic mass is 9.93. The molecule has 1 nitrogen and oxygen atoms in total. The van der Waals surface area contributed by atoms with Crippen LogP contribution in [0.2, 0.25) is 0 Å². The number of hydrogen-bond donors (Lipinski definition) is 1. The summed E-state index contributed by atoms with van der Waals surface area (Å²) in [6, 6.07) is 5.17. The van der Waals surface area contributed by atoms with Gasteiger partial charge in [-0.2, -0.15) is 0 Å². The van der Waals surface area contributed by atoms with Crippen LogP contribution in [0.4, 0.5) is 5.69 Å². The zero-order chi connectivity index (χ0) is 9.42. The minimum Gasteiger partial charge on any atom is -0.382 e. The monoisotopic (exact) mass is 175 g/mol. The summed E-state index contributed by atoms with van der Waals surface area (Å²) in [5.74, 6) is 0. The predicted octanol–water partition coefficient (Wildman–Crippen LogP) is 3.05. The summed E-state index contributed by atoms with van der Waals surface area (Å²) in [6.45, 7) is 6.62. The van der Waals surface area contributed by atoms with Gasteiger partial charge in [0.2, 0.25) is 0 Å². The van der Waals surface area contributed by atoms with E-state index >= 15 is 0 Å². The summed E-state index contributed by atoms with van der Waals surface area (Å²) in [7, 11) is 0. The number of anilines is 1. The Hall–Kier alpha value is -0.980. The van der Waals surface area contributed by atoms with E-state index in [0.717, 1.165) is 0 Å². The molecule has 1 atom stereocenters. The van der Waals surface area contributed by atoms with Gasteiger partial charge in [-0.15, -0.1) is 0 Å². The van der Waals surface area contributed by atoms with Crippen molar-refractivity contribution in [1.82, 2.24) is 0 Å². The first kappa shape index (κ1) is 8.61. The zero-order valence-electron chi connectivity index (χ0n) is 8.65. The van der Waals surface area contributed by atoms with Gasteiger partial charge in [-0.05, 0) is 56.4 Å². The minimum atomic E-state index is 0.633. The normalized spacial score (nSPS) is 20.7. The fourth-order valence-corrected chi connectivity index (χ4v) is 2.16. The van der Waals surface area contributed by atoms with Gasteiger partial charge in [-0.25, -0.2) is 0 Å². The van der Waals surface area contributed by atoms with E-state index in [-0.39, 0.29) is 0 Å². The molecule has 0 amide bonds. The summed E-state index contributed by atoms with van der Waals surface area (Å²) < 4.78 is 0. The molecule has 0 fully saturated rings. The lowest BCUT2D eigenvalue weighted by Gasteiger charge is -2.26. The molecule has 0 aliphatic carbocycles. The molecule has 1 aliphatic heterocycles. The lowest BCUT2D eigenvalue weighted by Crippen LogP contribution is -2.22. The van der Waals surface area contributed by atoms with Crippen molar-refractivity contribution >= 4 is 5.69 Å². The lowest BCUT2D eigenvalue weighted by molar-refractivity contribution is 0.678. The summed E-state index contributed by atoms with van der Waals surface area (Å²) in [5, 5.41) is 3.54. The number of rotatable bonds is 0. The van der Waals surface area contributed by atoms with Crippen molar-refractivity contribution in [3.05, 3.63) is 28.8 Å². The van der Waals surface area contributed by atoms with Crippen molar-refractivity contribution in [2.24, 2.45) is 0 Å². The second kappa shape index (κ2) is 3.06. The van der Waals surface area contributed by atoms with Crippen LogP contribution in [-0.2, 0) is 6.42 Å². The molecule has 0 unspecified atom stereocenters. The van der Waals surface area contributed by atoms with Crippen LogP contribution >= 0.6 is 0 Å². The first-order chi connectivity index (χ1) is 6.16. The maximum absolute atomic E-state index is 3.54. The van der Waals surface area contributed by atoms with Gasteiger partial charge in [-0.3, -0.25) is 0 Å². The van der Waals surface area contributed by atoms with Crippen LogP contribution in [0, 0.1) is 13.8 Å². The van der Waals surface area contributed by atoms with Crippen LogP contribution in [0.3, 0.4) is 0 Å². The second-order valence-electron chi connectivity index (χ2n) is 4.19. The topological polar surface area (TPSA) is 12.0 Å². The van der Waals surface area contributed by atoms with Gasteiger partial charge >= 0.3 is 0 Å².